The quantitative estimate of drug-likeness (QED) is 0.445. The van der Waals surface area contributed by atoms with Crippen LogP contribution in [0.2, 0.25) is 0 Å². The normalized spacial score (nSPS) is 13.2. The molecule has 0 aromatic heterocycles. The fourth-order valence-corrected chi connectivity index (χ4v) is 3.71. The van der Waals surface area contributed by atoms with Gasteiger partial charge in [0.1, 0.15) is 0 Å². The zero-order chi connectivity index (χ0) is 11.7. The van der Waals surface area contributed by atoms with Gasteiger partial charge in [-0.1, -0.05) is 20.8 Å². The molecule has 0 saturated heterocycles. The molecule has 0 aliphatic heterocycles. The molecule has 0 amide bonds. The van der Waals surface area contributed by atoms with Gasteiger partial charge < -0.3 is 14.0 Å². The minimum Gasteiger partial charge on any atom is -0.353 e. The molecule has 0 aliphatic rings. The Kier molecular flexibility index (Phi) is 8.33. The van der Waals surface area contributed by atoms with Crippen LogP contribution in [0.15, 0.2) is 0 Å². The highest BCUT2D eigenvalue weighted by Crippen LogP contribution is 2.17. The Hall–Kier alpha value is 0.0969. The van der Waals surface area contributed by atoms with E-state index in [1.165, 1.54) is 0 Å². The first-order chi connectivity index (χ1) is 7.17. The molecule has 92 valence electrons. The third-order valence-electron chi connectivity index (χ3n) is 2.71. The molecular formula is C11H27NO2Si. The number of hydrogen-bond acceptors (Lipinski definition) is 3. The molecule has 15 heavy (non-hydrogen) atoms. The Labute approximate surface area is 97.0 Å². The van der Waals surface area contributed by atoms with E-state index in [9.17, 15) is 0 Å². The van der Waals surface area contributed by atoms with Crippen molar-refractivity contribution in [3.8, 4) is 0 Å². The Balaban J connectivity index is 4.43. The summed E-state index contributed by atoms with van der Waals surface area (Å²) in [7, 11) is -0.501. The average molecular weight is 233 g/mol. The van der Waals surface area contributed by atoms with Crippen LogP contribution in [0.3, 0.4) is 0 Å². The first-order valence-electron chi connectivity index (χ1n) is 6.18. The molecule has 0 fully saturated rings. The summed E-state index contributed by atoms with van der Waals surface area (Å²) in [6, 6.07) is 0. The highest BCUT2D eigenvalue weighted by atomic mass is 28.2. The standard InChI is InChI=1S/C11H27NO2Si/c1-6-11(13-9-4,14-10-5)15-12(7-2)8-3/h6-10,15H2,1-5H3. The zero-order valence-electron chi connectivity index (χ0n) is 11.0. The molecule has 0 heterocycles. The zero-order valence-corrected chi connectivity index (χ0v) is 12.4. The Morgan fingerprint density at radius 1 is 0.933 bits per heavy atom. The lowest BCUT2D eigenvalue weighted by Crippen LogP contribution is -2.50. The summed E-state index contributed by atoms with van der Waals surface area (Å²) in [6.07, 6.45) is 0.956. The minimum atomic E-state index is -0.501. The smallest absolute Gasteiger partial charge is 0.165 e. The van der Waals surface area contributed by atoms with E-state index >= 15 is 0 Å². The summed E-state index contributed by atoms with van der Waals surface area (Å²) >= 11 is 0. The van der Waals surface area contributed by atoms with Crippen LogP contribution in [0.25, 0.3) is 0 Å². The molecule has 0 N–H and O–H groups in total. The molecule has 0 saturated carbocycles. The first-order valence-corrected chi connectivity index (χ1v) is 7.52. The van der Waals surface area contributed by atoms with Gasteiger partial charge >= 0.3 is 0 Å². The molecule has 0 bridgehead atoms. The van der Waals surface area contributed by atoms with Gasteiger partial charge in [0.2, 0.25) is 0 Å². The largest absolute Gasteiger partial charge is 0.353 e. The van der Waals surface area contributed by atoms with Crippen molar-refractivity contribution in [1.82, 2.24) is 4.57 Å². The van der Waals surface area contributed by atoms with Crippen molar-refractivity contribution >= 4 is 9.68 Å². The van der Waals surface area contributed by atoms with Crippen LogP contribution in [0, 0.1) is 0 Å². The van der Waals surface area contributed by atoms with Crippen molar-refractivity contribution < 1.29 is 9.47 Å². The van der Waals surface area contributed by atoms with E-state index in [-0.39, 0.29) is 5.41 Å². The molecular weight excluding hydrogens is 206 g/mol. The second-order valence-electron chi connectivity index (χ2n) is 3.59. The van der Waals surface area contributed by atoms with Gasteiger partial charge in [-0.25, -0.2) is 0 Å². The van der Waals surface area contributed by atoms with Gasteiger partial charge in [0.15, 0.2) is 15.1 Å². The maximum Gasteiger partial charge on any atom is 0.165 e. The second kappa shape index (κ2) is 8.27. The monoisotopic (exact) mass is 233 g/mol. The fraction of sp³-hybridized carbons (Fsp3) is 1.00. The SMILES string of the molecule is CCOC(CC)(OCC)[SiH2]N(CC)CC. The lowest BCUT2D eigenvalue weighted by atomic mass is 10.4. The number of nitrogens with zero attached hydrogens (tertiary/aromatic N) is 1. The third kappa shape index (κ3) is 5.11. The molecule has 0 radical (unpaired) electrons. The van der Waals surface area contributed by atoms with Crippen LogP contribution < -0.4 is 0 Å². The number of hydrogen-bond donors (Lipinski definition) is 0. The predicted octanol–water partition coefficient (Wildman–Crippen LogP) is 1.55. The summed E-state index contributed by atoms with van der Waals surface area (Å²) in [4.78, 5) is 0. The lowest BCUT2D eigenvalue weighted by molar-refractivity contribution is -0.180. The summed E-state index contributed by atoms with van der Waals surface area (Å²) in [5.74, 6) is 0. The lowest BCUT2D eigenvalue weighted by Gasteiger charge is -2.36. The van der Waals surface area contributed by atoms with Crippen molar-refractivity contribution in [2.75, 3.05) is 26.3 Å². The Morgan fingerprint density at radius 3 is 1.67 bits per heavy atom. The number of rotatable bonds is 9. The summed E-state index contributed by atoms with van der Waals surface area (Å²) < 4.78 is 14.2. The predicted molar refractivity (Wildman–Crippen MR) is 67.7 cm³/mol. The maximum absolute atomic E-state index is 5.85. The van der Waals surface area contributed by atoms with Gasteiger partial charge in [-0.15, -0.1) is 0 Å². The van der Waals surface area contributed by atoms with E-state index in [2.05, 4.69) is 25.3 Å². The highest BCUT2D eigenvalue weighted by Gasteiger charge is 2.31. The Bertz CT molecular complexity index is 146. The molecule has 0 aliphatic carbocycles. The van der Waals surface area contributed by atoms with Crippen molar-refractivity contribution in [2.24, 2.45) is 0 Å². The first kappa shape index (κ1) is 15.1. The maximum atomic E-state index is 5.85. The van der Waals surface area contributed by atoms with Gasteiger partial charge in [-0.2, -0.15) is 0 Å². The molecule has 0 spiro atoms. The molecule has 0 aromatic carbocycles. The summed E-state index contributed by atoms with van der Waals surface area (Å²) in [6.45, 7) is 14.3. The van der Waals surface area contributed by atoms with E-state index in [1.807, 2.05) is 13.8 Å². The van der Waals surface area contributed by atoms with Crippen LogP contribution in [0.1, 0.15) is 41.0 Å². The molecule has 0 aromatic rings. The summed E-state index contributed by atoms with van der Waals surface area (Å²) in [5, 5.41) is 0. The van der Waals surface area contributed by atoms with Gasteiger partial charge in [0, 0.05) is 13.2 Å². The number of ether oxygens (including phenoxy) is 2. The van der Waals surface area contributed by atoms with Crippen molar-refractivity contribution in [3.63, 3.8) is 0 Å². The molecule has 3 nitrogen and oxygen atoms in total. The minimum absolute atomic E-state index is 0.268. The topological polar surface area (TPSA) is 21.7 Å². The van der Waals surface area contributed by atoms with Crippen molar-refractivity contribution in [1.29, 1.82) is 0 Å². The van der Waals surface area contributed by atoms with Gasteiger partial charge in [-0.05, 0) is 33.4 Å². The van der Waals surface area contributed by atoms with Crippen LogP contribution in [-0.4, -0.2) is 46.0 Å². The summed E-state index contributed by atoms with van der Waals surface area (Å²) in [5.41, 5.74) is -0.268. The van der Waals surface area contributed by atoms with E-state index in [1.54, 1.807) is 0 Å². The van der Waals surface area contributed by atoms with Crippen molar-refractivity contribution in [3.05, 3.63) is 0 Å². The van der Waals surface area contributed by atoms with E-state index in [4.69, 9.17) is 9.47 Å². The van der Waals surface area contributed by atoms with Crippen LogP contribution in [-0.2, 0) is 9.47 Å². The van der Waals surface area contributed by atoms with E-state index in [0.29, 0.717) is 0 Å². The Morgan fingerprint density at radius 2 is 1.40 bits per heavy atom. The fourth-order valence-electron chi connectivity index (χ4n) is 1.76. The molecule has 0 unspecified atom stereocenters. The van der Waals surface area contributed by atoms with E-state index < -0.39 is 9.68 Å². The van der Waals surface area contributed by atoms with Gasteiger partial charge in [0.05, 0.1) is 0 Å². The average Bonchev–Trinajstić information content (AvgIpc) is 2.26. The van der Waals surface area contributed by atoms with Crippen LogP contribution >= 0.6 is 0 Å². The van der Waals surface area contributed by atoms with Gasteiger partial charge in [0.25, 0.3) is 0 Å². The molecule has 0 atom stereocenters. The van der Waals surface area contributed by atoms with Crippen LogP contribution in [0.4, 0.5) is 0 Å². The highest BCUT2D eigenvalue weighted by molar-refractivity contribution is 6.35. The molecule has 0 rings (SSSR count). The van der Waals surface area contributed by atoms with E-state index in [0.717, 1.165) is 32.7 Å². The van der Waals surface area contributed by atoms with Crippen molar-refractivity contribution in [2.45, 2.75) is 46.4 Å². The second-order valence-corrected chi connectivity index (χ2v) is 5.88. The van der Waals surface area contributed by atoms with Crippen LogP contribution in [0.5, 0.6) is 0 Å². The molecule has 4 heteroatoms. The van der Waals surface area contributed by atoms with Gasteiger partial charge in [-0.3, -0.25) is 0 Å². The third-order valence-corrected chi connectivity index (χ3v) is 5.44.